The van der Waals surface area contributed by atoms with Gasteiger partial charge in [0, 0.05) is 18.2 Å². The van der Waals surface area contributed by atoms with E-state index in [2.05, 4.69) is 11.4 Å². The van der Waals surface area contributed by atoms with Crippen LogP contribution >= 0.6 is 0 Å². The first-order valence-corrected chi connectivity index (χ1v) is 6.63. The Morgan fingerprint density at radius 1 is 1.39 bits per heavy atom. The Balaban J connectivity index is 1.94. The topological polar surface area (TPSA) is 56.0 Å². The maximum absolute atomic E-state index is 9.90. The third-order valence-corrected chi connectivity index (χ3v) is 3.78. The van der Waals surface area contributed by atoms with Crippen LogP contribution < -0.4 is 5.32 Å². The summed E-state index contributed by atoms with van der Waals surface area (Å²) in [6, 6.07) is 7.93. The minimum absolute atomic E-state index is 0.161. The molecule has 1 fully saturated rings. The molecule has 0 aliphatic heterocycles. The molecule has 0 spiro atoms. The zero-order chi connectivity index (χ0) is 13.0. The normalized spacial score (nSPS) is 23.4. The summed E-state index contributed by atoms with van der Waals surface area (Å²) < 4.78 is 0. The third-order valence-electron chi connectivity index (χ3n) is 3.78. The van der Waals surface area contributed by atoms with Crippen molar-refractivity contribution in [3.05, 3.63) is 29.3 Å². The SMILES string of the molecule is Cc1cc(NCC2CCCCC2O)ccc1C#N. The second-order valence-corrected chi connectivity index (χ2v) is 5.13. The van der Waals surface area contributed by atoms with Crippen LogP contribution in [-0.4, -0.2) is 17.8 Å². The molecule has 0 saturated heterocycles. The number of aliphatic hydroxyl groups is 1. The van der Waals surface area contributed by atoms with Crippen LogP contribution in [0.1, 0.15) is 36.8 Å². The van der Waals surface area contributed by atoms with Crippen molar-refractivity contribution >= 4 is 5.69 Å². The van der Waals surface area contributed by atoms with E-state index < -0.39 is 0 Å². The molecule has 1 aromatic carbocycles. The highest BCUT2D eigenvalue weighted by atomic mass is 16.3. The molecular weight excluding hydrogens is 224 g/mol. The second kappa shape index (κ2) is 5.88. The van der Waals surface area contributed by atoms with Crippen molar-refractivity contribution in [1.82, 2.24) is 0 Å². The predicted molar refractivity (Wildman–Crippen MR) is 72.3 cm³/mol. The number of nitriles is 1. The summed E-state index contributed by atoms with van der Waals surface area (Å²) in [5, 5.41) is 22.1. The lowest BCUT2D eigenvalue weighted by molar-refractivity contribution is 0.0763. The Kier molecular flexibility index (Phi) is 4.22. The zero-order valence-electron chi connectivity index (χ0n) is 10.8. The molecule has 2 N–H and O–H groups in total. The average molecular weight is 244 g/mol. The van der Waals surface area contributed by atoms with Gasteiger partial charge in [-0.05, 0) is 43.5 Å². The smallest absolute Gasteiger partial charge is 0.0994 e. The van der Waals surface area contributed by atoms with Crippen LogP contribution in [0.4, 0.5) is 5.69 Å². The molecule has 1 aromatic rings. The molecule has 3 heteroatoms. The first kappa shape index (κ1) is 12.9. The minimum Gasteiger partial charge on any atom is -0.393 e. The van der Waals surface area contributed by atoms with Gasteiger partial charge in [-0.2, -0.15) is 5.26 Å². The van der Waals surface area contributed by atoms with E-state index >= 15 is 0 Å². The number of nitrogens with one attached hydrogen (secondary N) is 1. The molecule has 1 aliphatic carbocycles. The number of hydrogen-bond acceptors (Lipinski definition) is 3. The number of anilines is 1. The number of benzene rings is 1. The molecule has 2 rings (SSSR count). The Bertz CT molecular complexity index is 450. The van der Waals surface area contributed by atoms with Crippen molar-refractivity contribution < 1.29 is 5.11 Å². The maximum Gasteiger partial charge on any atom is 0.0994 e. The summed E-state index contributed by atoms with van der Waals surface area (Å²) in [5.41, 5.74) is 2.74. The lowest BCUT2D eigenvalue weighted by Gasteiger charge is -2.28. The number of rotatable bonds is 3. The molecule has 1 aliphatic rings. The monoisotopic (exact) mass is 244 g/mol. The first-order valence-electron chi connectivity index (χ1n) is 6.63. The van der Waals surface area contributed by atoms with Gasteiger partial charge in [0.2, 0.25) is 0 Å². The third kappa shape index (κ3) is 3.02. The maximum atomic E-state index is 9.90. The standard InChI is InChI=1S/C15H20N2O/c1-11-8-14(7-6-12(11)9-16)17-10-13-4-2-3-5-15(13)18/h6-8,13,15,17-18H,2-5,10H2,1H3. The van der Waals surface area contributed by atoms with Gasteiger partial charge in [0.25, 0.3) is 0 Å². The van der Waals surface area contributed by atoms with E-state index in [1.54, 1.807) is 0 Å². The van der Waals surface area contributed by atoms with Gasteiger partial charge in [-0.1, -0.05) is 12.8 Å². The fourth-order valence-electron chi connectivity index (χ4n) is 2.57. The summed E-state index contributed by atoms with van der Waals surface area (Å²) in [7, 11) is 0. The highest BCUT2D eigenvalue weighted by Gasteiger charge is 2.22. The molecule has 2 atom stereocenters. The lowest BCUT2D eigenvalue weighted by atomic mass is 9.86. The Morgan fingerprint density at radius 2 is 2.17 bits per heavy atom. The first-order chi connectivity index (χ1) is 8.70. The predicted octanol–water partition coefficient (Wildman–Crippen LogP) is 2.83. The largest absolute Gasteiger partial charge is 0.393 e. The van der Waals surface area contributed by atoms with Crippen molar-refractivity contribution in [3.8, 4) is 6.07 Å². The van der Waals surface area contributed by atoms with Gasteiger partial charge < -0.3 is 10.4 Å². The highest BCUT2D eigenvalue weighted by Crippen LogP contribution is 2.25. The Labute approximate surface area is 108 Å². The van der Waals surface area contributed by atoms with Gasteiger partial charge in [0.05, 0.1) is 17.7 Å². The molecule has 3 nitrogen and oxygen atoms in total. The number of nitrogens with zero attached hydrogens (tertiary/aromatic N) is 1. The van der Waals surface area contributed by atoms with Crippen LogP contribution in [0.25, 0.3) is 0 Å². The van der Waals surface area contributed by atoms with Crippen LogP contribution in [-0.2, 0) is 0 Å². The van der Waals surface area contributed by atoms with Gasteiger partial charge in [0.1, 0.15) is 0 Å². The molecule has 0 radical (unpaired) electrons. The Morgan fingerprint density at radius 3 is 2.83 bits per heavy atom. The van der Waals surface area contributed by atoms with Crippen molar-refractivity contribution in [2.75, 3.05) is 11.9 Å². The molecule has 0 amide bonds. The molecule has 0 aromatic heterocycles. The molecular formula is C15H20N2O. The molecule has 96 valence electrons. The van der Waals surface area contributed by atoms with Gasteiger partial charge in [-0.15, -0.1) is 0 Å². The van der Waals surface area contributed by atoms with Crippen LogP contribution in [0.15, 0.2) is 18.2 Å². The van der Waals surface area contributed by atoms with Crippen LogP contribution in [0.2, 0.25) is 0 Å². The second-order valence-electron chi connectivity index (χ2n) is 5.13. The van der Waals surface area contributed by atoms with Crippen molar-refractivity contribution in [2.45, 2.75) is 38.7 Å². The lowest BCUT2D eigenvalue weighted by Crippen LogP contribution is -2.30. The highest BCUT2D eigenvalue weighted by molar-refractivity contribution is 5.51. The van der Waals surface area contributed by atoms with Gasteiger partial charge in [-0.25, -0.2) is 0 Å². The fraction of sp³-hybridized carbons (Fsp3) is 0.533. The van der Waals surface area contributed by atoms with Crippen molar-refractivity contribution in [1.29, 1.82) is 5.26 Å². The van der Waals surface area contributed by atoms with E-state index in [9.17, 15) is 5.11 Å². The van der Waals surface area contributed by atoms with Gasteiger partial charge in [0.15, 0.2) is 0 Å². The van der Waals surface area contributed by atoms with Gasteiger partial charge >= 0.3 is 0 Å². The quantitative estimate of drug-likeness (QED) is 0.859. The van der Waals surface area contributed by atoms with E-state index in [4.69, 9.17) is 5.26 Å². The zero-order valence-corrected chi connectivity index (χ0v) is 10.8. The molecule has 0 heterocycles. The van der Waals surface area contributed by atoms with E-state index in [1.165, 1.54) is 6.42 Å². The van der Waals surface area contributed by atoms with Gasteiger partial charge in [-0.3, -0.25) is 0 Å². The van der Waals surface area contributed by atoms with E-state index in [1.807, 2.05) is 25.1 Å². The van der Waals surface area contributed by atoms with Crippen molar-refractivity contribution in [3.63, 3.8) is 0 Å². The van der Waals surface area contributed by atoms with Crippen LogP contribution in [0.3, 0.4) is 0 Å². The minimum atomic E-state index is -0.161. The van der Waals surface area contributed by atoms with E-state index in [0.717, 1.165) is 42.6 Å². The molecule has 18 heavy (non-hydrogen) atoms. The summed E-state index contributed by atoms with van der Waals surface area (Å²) in [6.45, 7) is 2.76. The summed E-state index contributed by atoms with van der Waals surface area (Å²) in [6.07, 6.45) is 4.23. The van der Waals surface area contributed by atoms with Crippen LogP contribution in [0.5, 0.6) is 0 Å². The van der Waals surface area contributed by atoms with E-state index in [0.29, 0.717) is 5.92 Å². The molecule has 0 bridgehead atoms. The number of aliphatic hydroxyl groups excluding tert-OH is 1. The number of hydrogen-bond donors (Lipinski definition) is 2. The molecule has 2 unspecified atom stereocenters. The summed E-state index contributed by atoms with van der Waals surface area (Å²) >= 11 is 0. The number of aryl methyl sites for hydroxylation is 1. The van der Waals surface area contributed by atoms with Crippen LogP contribution in [0, 0.1) is 24.2 Å². The fourth-order valence-corrected chi connectivity index (χ4v) is 2.57. The van der Waals surface area contributed by atoms with E-state index in [-0.39, 0.29) is 6.10 Å². The van der Waals surface area contributed by atoms with Crippen molar-refractivity contribution in [2.24, 2.45) is 5.92 Å². The summed E-state index contributed by atoms with van der Waals surface area (Å²) in [4.78, 5) is 0. The molecule has 1 saturated carbocycles. The summed E-state index contributed by atoms with van der Waals surface area (Å²) in [5.74, 6) is 0.356. The Hall–Kier alpha value is -1.53. The average Bonchev–Trinajstić information content (AvgIpc) is 2.38.